The van der Waals surface area contributed by atoms with Gasteiger partial charge in [0.15, 0.2) is 5.69 Å². The molecule has 126 valence electrons. The normalized spacial score (nSPS) is 11.2. The summed E-state index contributed by atoms with van der Waals surface area (Å²) in [6.45, 7) is 0. The van der Waals surface area contributed by atoms with Gasteiger partial charge in [-0.3, -0.25) is 10.1 Å². The molecule has 0 aliphatic carbocycles. The van der Waals surface area contributed by atoms with Crippen LogP contribution >= 0.6 is 11.6 Å². The number of nitrogens with one attached hydrogen (secondary N) is 1. The molecule has 9 nitrogen and oxygen atoms in total. The van der Waals surface area contributed by atoms with Gasteiger partial charge in [0.25, 0.3) is 5.69 Å². The molecule has 2 aromatic carbocycles. The van der Waals surface area contributed by atoms with Crippen LogP contribution in [0.25, 0.3) is 10.9 Å². The molecular weight excluding hydrogens is 352 g/mol. The molecule has 1 heterocycles. The lowest BCUT2D eigenvalue weighted by atomic mass is 10.2. The topological polar surface area (TPSA) is 144 Å². The number of aromatic amines is 1. The first-order valence-corrected chi connectivity index (χ1v) is 7.16. The van der Waals surface area contributed by atoms with Crippen molar-refractivity contribution < 1.29 is 19.9 Å². The fourth-order valence-electron chi connectivity index (χ4n) is 2.21. The third-order valence-electron chi connectivity index (χ3n) is 3.38. The van der Waals surface area contributed by atoms with Gasteiger partial charge < -0.3 is 20.0 Å². The maximum atomic E-state index is 11.0. The van der Waals surface area contributed by atoms with Crippen LogP contribution in [0.3, 0.4) is 0 Å². The van der Waals surface area contributed by atoms with Crippen LogP contribution in [0.2, 0.25) is 5.02 Å². The van der Waals surface area contributed by atoms with Crippen molar-refractivity contribution in [2.24, 2.45) is 10.2 Å². The summed E-state index contributed by atoms with van der Waals surface area (Å²) in [6, 6.07) is 7.87. The number of azo groups is 1. The van der Waals surface area contributed by atoms with Crippen LogP contribution in [0, 0.1) is 10.1 Å². The Morgan fingerprint density at radius 2 is 1.96 bits per heavy atom. The van der Waals surface area contributed by atoms with Crippen LogP contribution in [0.5, 0.6) is 5.88 Å². The highest BCUT2D eigenvalue weighted by atomic mass is 35.5. The number of non-ortho nitro benzene ring substituents is 1. The highest BCUT2D eigenvalue weighted by Gasteiger charge is 2.15. The van der Waals surface area contributed by atoms with Gasteiger partial charge in [-0.15, -0.1) is 5.11 Å². The number of hydrogen-bond donors (Lipinski definition) is 2. The van der Waals surface area contributed by atoms with E-state index in [1.54, 1.807) is 0 Å². The Hall–Kier alpha value is -3.46. The number of nitro groups is 1. The van der Waals surface area contributed by atoms with Gasteiger partial charge in [-0.1, -0.05) is 11.6 Å². The third kappa shape index (κ3) is 3.12. The van der Waals surface area contributed by atoms with E-state index in [1.165, 1.54) is 30.3 Å². The number of carbonyl (C=O) groups excluding carboxylic acids is 1. The summed E-state index contributed by atoms with van der Waals surface area (Å²) in [7, 11) is 0. The molecule has 0 saturated carbocycles. The summed E-state index contributed by atoms with van der Waals surface area (Å²) in [5, 5.41) is 39.8. The molecule has 0 amide bonds. The van der Waals surface area contributed by atoms with E-state index >= 15 is 0 Å². The van der Waals surface area contributed by atoms with Crippen molar-refractivity contribution in [2.75, 3.05) is 0 Å². The zero-order valence-electron chi connectivity index (χ0n) is 12.3. The summed E-state index contributed by atoms with van der Waals surface area (Å²) in [4.78, 5) is 23.9. The molecule has 2 N–H and O–H groups in total. The Morgan fingerprint density at radius 3 is 2.64 bits per heavy atom. The predicted octanol–water partition coefficient (Wildman–Crippen LogP) is 3.21. The van der Waals surface area contributed by atoms with Gasteiger partial charge in [0.05, 0.1) is 22.1 Å². The number of carboxylic acid groups (broad SMARTS) is 1. The number of aromatic nitrogens is 1. The van der Waals surface area contributed by atoms with Gasteiger partial charge in [-0.2, -0.15) is 5.11 Å². The number of carboxylic acids is 1. The van der Waals surface area contributed by atoms with Gasteiger partial charge in [0.2, 0.25) is 5.88 Å². The summed E-state index contributed by atoms with van der Waals surface area (Å²) in [6.07, 6.45) is 0. The lowest BCUT2D eigenvalue weighted by molar-refractivity contribution is -0.384. The number of halogens is 1. The highest BCUT2D eigenvalue weighted by molar-refractivity contribution is 6.33. The van der Waals surface area contributed by atoms with E-state index in [2.05, 4.69) is 15.2 Å². The van der Waals surface area contributed by atoms with Crippen LogP contribution in [0.4, 0.5) is 17.1 Å². The number of aromatic carboxylic acids is 1. The molecule has 0 aliphatic heterocycles. The van der Waals surface area contributed by atoms with Crippen molar-refractivity contribution >= 4 is 45.5 Å². The molecule has 1 aromatic heterocycles. The molecule has 3 rings (SSSR count). The van der Waals surface area contributed by atoms with Crippen molar-refractivity contribution in [3.05, 3.63) is 57.1 Å². The molecule has 0 radical (unpaired) electrons. The Balaban J connectivity index is 2.05. The molecular formula is C15H8ClN4O5-. The number of fused-ring (bicyclic) bond motifs is 1. The zero-order valence-corrected chi connectivity index (χ0v) is 13.0. The van der Waals surface area contributed by atoms with Gasteiger partial charge in [-0.25, -0.2) is 0 Å². The number of nitro benzene ring substituents is 1. The number of carbonyl (C=O) groups is 1. The number of aromatic hydroxyl groups is 1. The van der Waals surface area contributed by atoms with E-state index in [0.29, 0.717) is 10.9 Å². The number of benzene rings is 2. The van der Waals surface area contributed by atoms with Crippen LogP contribution in [0.15, 0.2) is 46.6 Å². The van der Waals surface area contributed by atoms with Crippen molar-refractivity contribution in [1.29, 1.82) is 0 Å². The Morgan fingerprint density at radius 1 is 1.20 bits per heavy atom. The summed E-state index contributed by atoms with van der Waals surface area (Å²) in [5.74, 6) is -1.79. The average molecular weight is 360 g/mol. The molecule has 0 atom stereocenters. The van der Waals surface area contributed by atoms with Crippen molar-refractivity contribution in [1.82, 2.24) is 4.98 Å². The maximum absolute atomic E-state index is 11.0. The van der Waals surface area contributed by atoms with E-state index in [0.717, 1.165) is 6.07 Å². The summed E-state index contributed by atoms with van der Waals surface area (Å²) in [5.41, 5.74) is 0.153. The maximum Gasteiger partial charge on any atom is 0.270 e. The Labute approximate surface area is 144 Å². The van der Waals surface area contributed by atoms with Crippen LogP contribution < -0.4 is 5.11 Å². The molecule has 0 saturated heterocycles. The third-order valence-corrected chi connectivity index (χ3v) is 3.71. The van der Waals surface area contributed by atoms with E-state index in [1.807, 2.05) is 0 Å². The van der Waals surface area contributed by atoms with Gasteiger partial charge in [-0.05, 0) is 24.3 Å². The average Bonchev–Trinajstić information content (AvgIpc) is 2.88. The second kappa shape index (κ2) is 6.21. The molecule has 3 aromatic rings. The molecule has 0 unspecified atom stereocenters. The fraction of sp³-hybridized carbons (Fsp3) is 0. The SMILES string of the molecule is O=C([O-])c1cc(N=Nc2c(O)[nH]c3ccc([N+](=O)[O-])cc23)ccc1Cl. The molecule has 10 heteroatoms. The van der Waals surface area contributed by atoms with Crippen molar-refractivity contribution in [3.8, 4) is 5.88 Å². The largest absolute Gasteiger partial charge is 0.545 e. The van der Waals surface area contributed by atoms with Crippen molar-refractivity contribution in [2.45, 2.75) is 0 Å². The Bertz CT molecular complexity index is 1040. The molecule has 0 spiro atoms. The van der Waals surface area contributed by atoms with Gasteiger partial charge in [0, 0.05) is 28.1 Å². The van der Waals surface area contributed by atoms with E-state index in [4.69, 9.17) is 11.6 Å². The molecule has 25 heavy (non-hydrogen) atoms. The first-order chi connectivity index (χ1) is 11.9. The van der Waals surface area contributed by atoms with E-state index < -0.39 is 10.9 Å². The number of H-pyrrole nitrogens is 1. The van der Waals surface area contributed by atoms with Crippen LogP contribution in [-0.4, -0.2) is 21.0 Å². The number of nitrogens with zero attached hydrogens (tertiary/aromatic N) is 3. The first-order valence-electron chi connectivity index (χ1n) is 6.78. The Kier molecular flexibility index (Phi) is 4.07. The minimum absolute atomic E-state index is 0.00971. The summed E-state index contributed by atoms with van der Waals surface area (Å²) >= 11 is 5.74. The molecule has 0 aliphatic rings. The number of rotatable bonds is 4. The predicted molar refractivity (Wildman–Crippen MR) is 86.6 cm³/mol. The number of hydrogen-bond acceptors (Lipinski definition) is 7. The van der Waals surface area contributed by atoms with Gasteiger partial charge >= 0.3 is 0 Å². The minimum Gasteiger partial charge on any atom is -0.545 e. The zero-order chi connectivity index (χ0) is 18.1. The second-order valence-electron chi connectivity index (χ2n) is 4.96. The standard InChI is InChI=1S/C15H9ClN4O5/c16-11-3-1-7(5-9(11)15(22)23)18-19-13-10-6-8(20(24)25)2-4-12(10)17-14(13)21/h1-6,17,21H,(H,22,23)/p-1. The fourth-order valence-corrected chi connectivity index (χ4v) is 2.40. The van der Waals surface area contributed by atoms with Crippen LogP contribution in [0.1, 0.15) is 10.4 Å². The molecule has 0 fully saturated rings. The smallest absolute Gasteiger partial charge is 0.270 e. The van der Waals surface area contributed by atoms with Gasteiger partial charge in [0.1, 0.15) is 0 Å². The molecule has 0 bridgehead atoms. The lowest BCUT2D eigenvalue weighted by Crippen LogP contribution is -2.22. The van der Waals surface area contributed by atoms with Crippen molar-refractivity contribution in [3.63, 3.8) is 0 Å². The monoisotopic (exact) mass is 359 g/mol. The lowest BCUT2D eigenvalue weighted by Gasteiger charge is -2.05. The summed E-state index contributed by atoms with van der Waals surface area (Å²) < 4.78 is 0. The first kappa shape index (κ1) is 16.4. The van der Waals surface area contributed by atoms with E-state index in [9.17, 15) is 25.1 Å². The highest BCUT2D eigenvalue weighted by Crippen LogP contribution is 2.38. The van der Waals surface area contributed by atoms with Crippen LogP contribution in [-0.2, 0) is 0 Å². The second-order valence-corrected chi connectivity index (χ2v) is 5.37. The quantitative estimate of drug-likeness (QED) is 0.417. The minimum atomic E-state index is -1.47. The van der Waals surface area contributed by atoms with E-state index in [-0.39, 0.29) is 33.5 Å².